The second-order valence-corrected chi connectivity index (χ2v) is 4.40. The molecule has 0 spiro atoms. The van der Waals surface area contributed by atoms with E-state index in [9.17, 15) is 0 Å². The number of halogens is 5. The van der Waals surface area contributed by atoms with Crippen LogP contribution < -0.4 is 4.43 Å². The lowest BCUT2D eigenvalue weighted by Crippen LogP contribution is -1.90. The van der Waals surface area contributed by atoms with Crippen LogP contribution >= 0.6 is 58.0 Å². The lowest BCUT2D eigenvalue weighted by Gasteiger charge is -2.10. The van der Waals surface area contributed by atoms with Crippen molar-refractivity contribution in [3.8, 4) is 5.75 Å². The molecule has 0 unspecified atom stereocenters. The van der Waals surface area contributed by atoms with Crippen LogP contribution in [0.25, 0.3) is 0 Å². The maximum absolute atomic E-state index is 5.81. The molecule has 0 atom stereocenters. The third-order valence-electron chi connectivity index (χ3n) is 1.37. The maximum Gasteiger partial charge on any atom is 0.204 e. The van der Waals surface area contributed by atoms with Gasteiger partial charge in [-0.25, -0.2) is 0 Å². The van der Waals surface area contributed by atoms with Crippen LogP contribution in [0.3, 0.4) is 0 Å². The zero-order valence-corrected chi connectivity index (χ0v) is 12.1. The van der Waals surface area contributed by atoms with Crippen LogP contribution in [0.15, 0.2) is 0 Å². The highest BCUT2D eigenvalue weighted by Crippen LogP contribution is 2.47. The van der Waals surface area contributed by atoms with Crippen molar-refractivity contribution in [2.45, 2.75) is 0 Å². The van der Waals surface area contributed by atoms with E-state index in [0.29, 0.717) is 10.5 Å². The highest BCUT2D eigenvalue weighted by Gasteiger charge is 2.18. The molecule has 0 heterocycles. The quantitative estimate of drug-likeness (QED) is 0.437. The van der Waals surface area contributed by atoms with Crippen molar-refractivity contribution in [1.29, 1.82) is 0 Å². The summed E-state index contributed by atoms with van der Waals surface area (Å²) in [7, 11) is 0.438. The molecule has 0 aliphatic carbocycles. The van der Waals surface area contributed by atoms with E-state index in [1.165, 1.54) is 0 Å². The standard InChI is InChI=1S/C6H3Cl5OSi/c7-1-2(8)4(10)6(12-13)5(11)3(1)9/h13H3. The van der Waals surface area contributed by atoms with Gasteiger partial charge in [-0.15, -0.1) is 0 Å². The largest absolute Gasteiger partial charge is 0.551 e. The van der Waals surface area contributed by atoms with Crippen molar-refractivity contribution in [2.24, 2.45) is 0 Å². The SMILES string of the molecule is [SiH3]Oc1c(Cl)c(Cl)c(Cl)c(Cl)c1Cl. The van der Waals surface area contributed by atoms with E-state index >= 15 is 0 Å². The molecule has 13 heavy (non-hydrogen) atoms. The maximum atomic E-state index is 5.81. The average molecular weight is 296 g/mol. The Hall–Kier alpha value is 0.687. The van der Waals surface area contributed by atoms with Crippen LogP contribution in [0.2, 0.25) is 25.1 Å². The smallest absolute Gasteiger partial charge is 0.204 e. The van der Waals surface area contributed by atoms with Crippen LogP contribution in [0.4, 0.5) is 0 Å². The zero-order valence-electron chi connectivity index (χ0n) is 6.30. The highest BCUT2D eigenvalue weighted by molar-refractivity contribution is 6.55. The Morgan fingerprint density at radius 1 is 0.692 bits per heavy atom. The van der Waals surface area contributed by atoms with Gasteiger partial charge in [0.25, 0.3) is 0 Å². The van der Waals surface area contributed by atoms with Crippen LogP contribution in [0.5, 0.6) is 5.75 Å². The molecule has 0 amide bonds. The van der Waals surface area contributed by atoms with Crippen molar-refractivity contribution in [3.63, 3.8) is 0 Å². The molecule has 0 aliphatic rings. The summed E-state index contributed by atoms with van der Waals surface area (Å²) in [6.07, 6.45) is 0. The number of rotatable bonds is 1. The Balaban J connectivity index is 3.56. The fraction of sp³-hybridized carbons (Fsp3) is 0. The van der Waals surface area contributed by atoms with Crippen molar-refractivity contribution >= 4 is 68.5 Å². The average Bonchev–Trinajstić information content (AvgIpc) is 2.13. The molecule has 0 aromatic heterocycles. The lowest BCUT2D eigenvalue weighted by molar-refractivity contribution is 0.617. The van der Waals surface area contributed by atoms with Gasteiger partial charge in [-0.1, -0.05) is 58.0 Å². The van der Waals surface area contributed by atoms with E-state index in [4.69, 9.17) is 62.4 Å². The van der Waals surface area contributed by atoms with Crippen molar-refractivity contribution in [1.82, 2.24) is 0 Å². The third-order valence-corrected chi connectivity index (χ3v) is 4.02. The Kier molecular flexibility index (Phi) is 4.04. The zero-order chi connectivity index (χ0) is 10.2. The van der Waals surface area contributed by atoms with Crippen molar-refractivity contribution < 1.29 is 4.43 Å². The summed E-state index contributed by atoms with van der Waals surface area (Å²) >= 11 is 28.9. The first kappa shape index (κ1) is 11.8. The summed E-state index contributed by atoms with van der Waals surface area (Å²) in [6, 6.07) is 0. The first-order valence-corrected chi connectivity index (χ1v) is 5.76. The van der Waals surface area contributed by atoms with Gasteiger partial charge in [0.1, 0.15) is 15.8 Å². The molecule has 0 aliphatic heterocycles. The van der Waals surface area contributed by atoms with Gasteiger partial charge < -0.3 is 4.43 Å². The Morgan fingerprint density at radius 2 is 1.00 bits per heavy atom. The van der Waals surface area contributed by atoms with Crippen LogP contribution in [0, 0.1) is 0 Å². The minimum atomic E-state index is 0.140. The molecular weight excluding hydrogens is 293 g/mol. The summed E-state index contributed by atoms with van der Waals surface area (Å²) in [5.41, 5.74) is 0. The van der Waals surface area contributed by atoms with Crippen LogP contribution in [-0.2, 0) is 0 Å². The summed E-state index contributed by atoms with van der Waals surface area (Å²) in [4.78, 5) is 0. The molecule has 0 fully saturated rings. The van der Waals surface area contributed by atoms with Gasteiger partial charge >= 0.3 is 0 Å². The molecule has 0 bridgehead atoms. The van der Waals surface area contributed by atoms with Gasteiger partial charge in [0.15, 0.2) is 0 Å². The monoisotopic (exact) mass is 294 g/mol. The highest BCUT2D eigenvalue weighted by atomic mass is 35.5. The predicted molar refractivity (Wildman–Crippen MR) is 62.1 cm³/mol. The topological polar surface area (TPSA) is 9.23 Å². The summed E-state index contributed by atoms with van der Waals surface area (Å²) < 4.78 is 5.04. The predicted octanol–water partition coefficient (Wildman–Crippen LogP) is 3.61. The minimum absolute atomic E-state index is 0.140. The molecule has 0 N–H and O–H groups in total. The molecular formula is C6H3Cl5OSi. The molecule has 1 nitrogen and oxygen atoms in total. The third kappa shape index (κ3) is 2.03. The van der Waals surface area contributed by atoms with E-state index in [0.717, 1.165) is 0 Å². The summed E-state index contributed by atoms with van der Waals surface area (Å²) in [5.74, 6) is 0.286. The molecule has 72 valence electrons. The molecule has 1 aromatic rings. The van der Waals surface area contributed by atoms with Crippen LogP contribution in [-0.4, -0.2) is 10.5 Å². The van der Waals surface area contributed by atoms with Crippen molar-refractivity contribution in [2.75, 3.05) is 0 Å². The van der Waals surface area contributed by atoms with E-state index in [1.807, 2.05) is 0 Å². The molecule has 0 saturated carbocycles. The Labute approximate surface area is 103 Å². The fourth-order valence-electron chi connectivity index (χ4n) is 0.764. The van der Waals surface area contributed by atoms with Gasteiger partial charge in [0, 0.05) is 0 Å². The van der Waals surface area contributed by atoms with Gasteiger partial charge in [-0.2, -0.15) is 0 Å². The van der Waals surface area contributed by atoms with Gasteiger partial charge in [-0.3, -0.25) is 0 Å². The molecule has 0 saturated heterocycles. The van der Waals surface area contributed by atoms with Crippen LogP contribution in [0.1, 0.15) is 0 Å². The molecule has 0 radical (unpaired) electrons. The minimum Gasteiger partial charge on any atom is -0.551 e. The van der Waals surface area contributed by atoms with Gasteiger partial charge in [0.05, 0.1) is 15.1 Å². The summed E-state index contributed by atoms with van der Waals surface area (Å²) in [6.45, 7) is 0. The van der Waals surface area contributed by atoms with Gasteiger partial charge in [-0.05, 0) is 0 Å². The number of benzene rings is 1. The van der Waals surface area contributed by atoms with E-state index in [2.05, 4.69) is 0 Å². The number of hydrogen-bond acceptors (Lipinski definition) is 1. The first-order chi connectivity index (χ1) is 6.00. The summed E-state index contributed by atoms with van der Waals surface area (Å²) in [5, 5.41) is 0.833. The fourth-order valence-corrected chi connectivity index (χ4v) is 2.71. The molecule has 1 rings (SSSR count). The second-order valence-electron chi connectivity index (χ2n) is 2.10. The lowest BCUT2D eigenvalue weighted by atomic mass is 10.3. The normalized spacial score (nSPS) is 10.5. The van der Waals surface area contributed by atoms with Gasteiger partial charge in [0.2, 0.25) is 10.5 Å². The first-order valence-electron chi connectivity index (χ1n) is 3.06. The Morgan fingerprint density at radius 3 is 1.31 bits per heavy atom. The van der Waals surface area contributed by atoms with E-state index < -0.39 is 0 Å². The number of hydrogen-bond donors (Lipinski definition) is 0. The van der Waals surface area contributed by atoms with E-state index in [-0.39, 0.29) is 30.9 Å². The van der Waals surface area contributed by atoms with E-state index in [1.54, 1.807) is 0 Å². The molecule has 7 heteroatoms. The van der Waals surface area contributed by atoms with Crippen molar-refractivity contribution in [3.05, 3.63) is 25.1 Å². The Bertz CT molecular complexity index is 324. The molecule has 1 aromatic carbocycles. The second kappa shape index (κ2) is 4.47.